The van der Waals surface area contributed by atoms with Crippen molar-refractivity contribution in [1.29, 1.82) is 0 Å². The Balaban J connectivity index is 2.20. The highest BCUT2D eigenvalue weighted by atomic mass is 19.1. The minimum atomic E-state index is -0.748. The standard InChI is InChI=1S/C17H15FN4O2/c1-9-13(11-4-6-20-7-5-11)12(18)8-21-15(9)14(10-2-3-10)16(23)22(19)17(21)24/h4-8,10H,2-3,19H2,1H3. The molecule has 0 bridgehead atoms. The lowest BCUT2D eigenvalue weighted by atomic mass is 9.98. The van der Waals surface area contributed by atoms with Gasteiger partial charge in [0, 0.05) is 23.5 Å². The second-order valence-electron chi connectivity index (χ2n) is 6.08. The number of halogens is 1. The Bertz CT molecular complexity index is 1080. The first-order valence-corrected chi connectivity index (χ1v) is 7.66. The number of hydrogen-bond acceptors (Lipinski definition) is 4. The van der Waals surface area contributed by atoms with E-state index in [4.69, 9.17) is 5.84 Å². The van der Waals surface area contributed by atoms with Crippen LogP contribution in [0.15, 0.2) is 40.3 Å². The van der Waals surface area contributed by atoms with Gasteiger partial charge in [0.25, 0.3) is 5.56 Å². The van der Waals surface area contributed by atoms with E-state index in [0.29, 0.717) is 32.4 Å². The van der Waals surface area contributed by atoms with E-state index < -0.39 is 17.1 Å². The van der Waals surface area contributed by atoms with Crippen LogP contribution in [0.3, 0.4) is 0 Å². The lowest BCUT2D eigenvalue weighted by molar-refractivity contribution is 0.616. The largest absolute Gasteiger partial charge is 0.354 e. The van der Waals surface area contributed by atoms with Crippen LogP contribution in [-0.4, -0.2) is 14.1 Å². The Hall–Kier alpha value is -2.96. The molecule has 4 rings (SSSR count). The van der Waals surface area contributed by atoms with Gasteiger partial charge in [0.05, 0.1) is 11.7 Å². The molecular weight excluding hydrogens is 311 g/mol. The van der Waals surface area contributed by atoms with Crippen molar-refractivity contribution in [2.45, 2.75) is 25.7 Å². The van der Waals surface area contributed by atoms with Crippen molar-refractivity contribution in [3.8, 4) is 11.1 Å². The number of nitrogen functional groups attached to an aromatic ring is 1. The molecular formula is C17H15FN4O2. The zero-order valence-corrected chi connectivity index (χ0v) is 13.0. The monoisotopic (exact) mass is 326 g/mol. The SMILES string of the molecule is Cc1c(-c2ccncc2)c(F)cn2c(=O)n(N)c(=O)c(C3CC3)c12. The van der Waals surface area contributed by atoms with E-state index in [1.165, 1.54) is 0 Å². The molecule has 0 aliphatic heterocycles. The lowest BCUT2D eigenvalue weighted by Crippen LogP contribution is -2.44. The highest BCUT2D eigenvalue weighted by Gasteiger charge is 2.32. The lowest BCUT2D eigenvalue weighted by Gasteiger charge is -2.15. The number of aromatic nitrogens is 3. The summed E-state index contributed by atoms with van der Waals surface area (Å²) < 4.78 is 16.4. The molecule has 0 spiro atoms. The van der Waals surface area contributed by atoms with Crippen molar-refractivity contribution in [3.05, 3.63) is 68.5 Å². The van der Waals surface area contributed by atoms with Crippen LogP contribution in [0.4, 0.5) is 4.39 Å². The second-order valence-corrected chi connectivity index (χ2v) is 6.08. The molecule has 7 heteroatoms. The van der Waals surface area contributed by atoms with Crippen LogP contribution in [0.2, 0.25) is 0 Å². The average Bonchev–Trinajstić information content (AvgIpc) is 3.40. The maximum absolute atomic E-state index is 14.7. The molecule has 1 fully saturated rings. The molecule has 1 saturated carbocycles. The van der Waals surface area contributed by atoms with Gasteiger partial charge in [-0.25, -0.2) is 9.18 Å². The number of rotatable bonds is 2. The third-order valence-corrected chi connectivity index (χ3v) is 4.52. The zero-order valence-electron chi connectivity index (χ0n) is 13.0. The van der Waals surface area contributed by atoms with Crippen LogP contribution in [0.25, 0.3) is 16.6 Å². The normalized spacial score (nSPS) is 14.2. The first-order valence-electron chi connectivity index (χ1n) is 7.66. The summed E-state index contributed by atoms with van der Waals surface area (Å²) in [6, 6.07) is 3.39. The Kier molecular flexibility index (Phi) is 3.06. The smallest absolute Gasteiger partial charge is 0.332 e. The minimum absolute atomic E-state index is 0.0670. The Labute approximate surface area is 136 Å². The third-order valence-electron chi connectivity index (χ3n) is 4.52. The van der Waals surface area contributed by atoms with Crippen molar-refractivity contribution in [3.63, 3.8) is 0 Å². The van der Waals surface area contributed by atoms with Crippen molar-refractivity contribution in [2.24, 2.45) is 0 Å². The molecule has 6 nitrogen and oxygen atoms in total. The van der Waals surface area contributed by atoms with Crippen LogP contribution >= 0.6 is 0 Å². The summed E-state index contributed by atoms with van der Waals surface area (Å²) in [5, 5.41) is 0. The van der Waals surface area contributed by atoms with Crippen molar-refractivity contribution >= 4 is 5.52 Å². The van der Waals surface area contributed by atoms with Gasteiger partial charge in [-0.15, -0.1) is 0 Å². The third kappa shape index (κ3) is 1.97. The predicted octanol–water partition coefficient (Wildman–Crippen LogP) is 1.56. The van der Waals surface area contributed by atoms with Crippen molar-refractivity contribution in [2.75, 3.05) is 5.84 Å². The quantitative estimate of drug-likeness (QED) is 0.725. The molecule has 0 saturated heterocycles. The molecule has 0 atom stereocenters. The summed E-state index contributed by atoms with van der Waals surface area (Å²) >= 11 is 0. The molecule has 122 valence electrons. The summed E-state index contributed by atoms with van der Waals surface area (Å²) in [7, 11) is 0. The van der Waals surface area contributed by atoms with Gasteiger partial charge in [-0.05, 0) is 48.9 Å². The molecule has 3 heterocycles. The number of nitrogens with two attached hydrogens (primary N) is 1. The van der Waals surface area contributed by atoms with Crippen LogP contribution in [0.1, 0.15) is 29.9 Å². The minimum Gasteiger partial charge on any atom is -0.332 e. The summed E-state index contributed by atoms with van der Waals surface area (Å²) in [5.74, 6) is 5.12. The highest BCUT2D eigenvalue weighted by molar-refractivity contribution is 5.77. The molecule has 3 aromatic rings. The van der Waals surface area contributed by atoms with Crippen LogP contribution in [-0.2, 0) is 0 Å². The van der Waals surface area contributed by atoms with E-state index in [0.717, 1.165) is 23.4 Å². The van der Waals surface area contributed by atoms with Gasteiger partial charge in [0.15, 0.2) is 0 Å². The fraction of sp³-hybridized carbons (Fsp3) is 0.235. The second kappa shape index (κ2) is 5.02. The number of fused-ring (bicyclic) bond motifs is 1. The predicted molar refractivity (Wildman–Crippen MR) is 88.0 cm³/mol. The molecule has 0 aromatic carbocycles. The fourth-order valence-corrected chi connectivity index (χ4v) is 3.25. The van der Waals surface area contributed by atoms with Crippen molar-refractivity contribution in [1.82, 2.24) is 14.1 Å². The first-order chi connectivity index (χ1) is 11.5. The summed E-state index contributed by atoms with van der Waals surface area (Å²) in [6.07, 6.45) is 5.98. The van der Waals surface area contributed by atoms with Gasteiger partial charge in [-0.3, -0.25) is 14.2 Å². The summed E-state index contributed by atoms with van der Waals surface area (Å²) in [4.78, 5) is 28.8. The Morgan fingerprint density at radius 2 is 1.92 bits per heavy atom. The first kappa shape index (κ1) is 14.6. The molecule has 1 aliphatic rings. The van der Waals surface area contributed by atoms with Crippen LogP contribution in [0, 0.1) is 12.7 Å². The van der Waals surface area contributed by atoms with E-state index >= 15 is 0 Å². The maximum atomic E-state index is 14.7. The fourth-order valence-electron chi connectivity index (χ4n) is 3.25. The Morgan fingerprint density at radius 1 is 1.25 bits per heavy atom. The van der Waals surface area contributed by atoms with Crippen LogP contribution < -0.4 is 17.1 Å². The Morgan fingerprint density at radius 3 is 2.54 bits per heavy atom. The number of hydrogen-bond donors (Lipinski definition) is 1. The summed E-state index contributed by atoms with van der Waals surface area (Å²) in [6.45, 7) is 1.72. The number of nitrogens with zero attached hydrogens (tertiary/aromatic N) is 3. The molecule has 1 aliphatic carbocycles. The molecule has 2 N–H and O–H groups in total. The molecule has 3 aromatic heterocycles. The van der Waals surface area contributed by atoms with E-state index in [9.17, 15) is 14.0 Å². The number of aryl methyl sites for hydroxylation is 1. The van der Waals surface area contributed by atoms with E-state index in [2.05, 4.69) is 4.98 Å². The molecule has 24 heavy (non-hydrogen) atoms. The topological polar surface area (TPSA) is 82.4 Å². The molecule has 0 radical (unpaired) electrons. The number of pyridine rings is 2. The van der Waals surface area contributed by atoms with E-state index in [1.54, 1.807) is 31.5 Å². The van der Waals surface area contributed by atoms with Gasteiger partial charge in [0.1, 0.15) is 5.82 Å². The maximum Gasteiger partial charge on any atom is 0.354 e. The van der Waals surface area contributed by atoms with E-state index in [-0.39, 0.29) is 5.92 Å². The summed E-state index contributed by atoms with van der Waals surface area (Å²) in [5.41, 5.74) is 1.27. The molecule has 0 unspecified atom stereocenters. The van der Waals surface area contributed by atoms with Gasteiger partial charge >= 0.3 is 5.69 Å². The van der Waals surface area contributed by atoms with Gasteiger partial charge in [0.2, 0.25) is 0 Å². The van der Waals surface area contributed by atoms with E-state index in [1.807, 2.05) is 0 Å². The van der Waals surface area contributed by atoms with Gasteiger partial charge in [-0.2, -0.15) is 4.68 Å². The van der Waals surface area contributed by atoms with Crippen molar-refractivity contribution < 1.29 is 4.39 Å². The van der Waals surface area contributed by atoms with Gasteiger partial charge < -0.3 is 5.84 Å². The highest BCUT2D eigenvalue weighted by Crippen LogP contribution is 2.41. The zero-order chi connectivity index (χ0) is 17.0. The van der Waals surface area contributed by atoms with Gasteiger partial charge in [-0.1, -0.05) is 0 Å². The molecule has 0 amide bonds. The van der Waals surface area contributed by atoms with Crippen LogP contribution in [0.5, 0.6) is 0 Å². The average molecular weight is 326 g/mol.